The van der Waals surface area contributed by atoms with Crippen molar-refractivity contribution < 1.29 is 5.11 Å². The molecular formula is C11H21N3OS. The number of nitrogens with zero attached hydrogens (tertiary/aromatic N) is 2. The molecule has 0 fully saturated rings. The second-order valence-corrected chi connectivity index (χ2v) is 4.77. The summed E-state index contributed by atoms with van der Waals surface area (Å²) in [7, 11) is 0. The van der Waals surface area contributed by atoms with Crippen LogP contribution in [0.1, 0.15) is 12.8 Å². The van der Waals surface area contributed by atoms with Crippen LogP contribution in [0, 0.1) is 0 Å². The van der Waals surface area contributed by atoms with Crippen molar-refractivity contribution in [3.63, 3.8) is 0 Å². The van der Waals surface area contributed by atoms with Gasteiger partial charge in [-0.3, -0.25) is 4.68 Å². The van der Waals surface area contributed by atoms with Crippen LogP contribution in [0.4, 0.5) is 0 Å². The zero-order valence-corrected chi connectivity index (χ0v) is 10.6. The number of hydrogen-bond donors (Lipinski definition) is 2. The van der Waals surface area contributed by atoms with Crippen molar-refractivity contribution in [3.8, 4) is 0 Å². The van der Waals surface area contributed by atoms with Crippen molar-refractivity contribution in [1.29, 1.82) is 0 Å². The Balaban J connectivity index is 1.96. The van der Waals surface area contributed by atoms with Crippen molar-refractivity contribution in [1.82, 2.24) is 15.1 Å². The third-order valence-electron chi connectivity index (χ3n) is 2.29. The molecule has 16 heavy (non-hydrogen) atoms. The molecule has 1 unspecified atom stereocenters. The lowest BCUT2D eigenvalue weighted by molar-refractivity contribution is 0.147. The molecule has 0 aliphatic carbocycles. The first kappa shape index (κ1) is 13.5. The van der Waals surface area contributed by atoms with Gasteiger partial charge in [0.05, 0.1) is 12.6 Å². The summed E-state index contributed by atoms with van der Waals surface area (Å²) in [6, 6.07) is 1.86. The van der Waals surface area contributed by atoms with Gasteiger partial charge in [-0.25, -0.2) is 0 Å². The number of unbranched alkanes of at least 4 members (excludes halogenated alkanes) is 1. The highest BCUT2D eigenvalue weighted by Crippen LogP contribution is 1.98. The van der Waals surface area contributed by atoms with Gasteiger partial charge in [-0.2, -0.15) is 16.9 Å². The fourth-order valence-corrected chi connectivity index (χ4v) is 1.95. The van der Waals surface area contributed by atoms with Crippen molar-refractivity contribution in [3.05, 3.63) is 18.5 Å². The number of aliphatic hydroxyl groups excluding tert-OH is 1. The van der Waals surface area contributed by atoms with Gasteiger partial charge in [-0.05, 0) is 37.5 Å². The number of hydrogen-bond acceptors (Lipinski definition) is 4. The summed E-state index contributed by atoms with van der Waals surface area (Å²) in [5.41, 5.74) is 0. The minimum atomic E-state index is -0.361. The predicted octanol–water partition coefficient (Wildman–Crippen LogP) is 0.977. The van der Waals surface area contributed by atoms with Crippen LogP contribution in [0.2, 0.25) is 0 Å². The Kier molecular flexibility index (Phi) is 7.29. The van der Waals surface area contributed by atoms with Gasteiger partial charge >= 0.3 is 0 Å². The zero-order chi connectivity index (χ0) is 11.6. The van der Waals surface area contributed by atoms with E-state index < -0.39 is 0 Å². The molecule has 0 radical (unpaired) electrons. The minimum absolute atomic E-state index is 0.361. The summed E-state index contributed by atoms with van der Waals surface area (Å²) < 4.78 is 1.75. The lowest BCUT2D eigenvalue weighted by atomic mass is 10.3. The largest absolute Gasteiger partial charge is 0.390 e. The molecule has 92 valence electrons. The maximum atomic E-state index is 9.70. The first-order valence-corrected chi connectivity index (χ1v) is 7.07. The number of thioether (sulfide) groups is 1. The number of aliphatic hydroxyl groups is 1. The number of nitrogens with one attached hydrogen (secondary N) is 1. The molecule has 1 atom stereocenters. The maximum absolute atomic E-state index is 9.70. The molecule has 0 bridgehead atoms. The van der Waals surface area contributed by atoms with Gasteiger partial charge in [0.2, 0.25) is 0 Å². The molecule has 1 rings (SSSR count). The summed E-state index contributed by atoms with van der Waals surface area (Å²) in [5, 5.41) is 17.0. The highest BCUT2D eigenvalue weighted by molar-refractivity contribution is 7.98. The van der Waals surface area contributed by atoms with Crippen LogP contribution in [0.5, 0.6) is 0 Å². The maximum Gasteiger partial charge on any atom is 0.0860 e. The Morgan fingerprint density at radius 1 is 1.50 bits per heavy atom. The van der Waals surface area contributed by atoms with Crippen molar-refractivity contribution >= 4 is 11.8 Å². The average Bonchev–Trinajstić information content (AvgIpc) is 2.76. The van der Waals surface area contributed by atoms with E-state index in [-0.39, 0.29) is 6.10 Å². The lowest BCUT2D eigenvalue weighted by Gasteiger charge is -2.11. The molecule has 2 N–H and O–H groups in total. The molecule has 5 heteroatoms. The quantitative estimate of drug-likeness (QED) is 0.635. The van der Waals surface area contributed by atoms with Crippen LogP contribution in [0.15, 0.2) is 18.5 Å². The first-order valence-electron chi connectivity index (χ1n) is 5.68. The van der Waals surface area contributed by atoms with Gasteiger partial charge in [0.1, 0.15) is 0 Å². The fraction of sp³-hybridized carbons (Fsp3) is 0.727. The molecule has 0 amide bonds. The van der Waals surface area contributed by atoms with Crippen LogP contribution in [-0.2, 0) is 6.54 Å². The van der Waals surface area contributed by atoms with E-state index in [9.17, 15) is 5.11 Å². The van der Waals surface area contributed by atoms with Crippen molar-refractivity contribution in [2.24, 2.45) is 0 Å². The van der Waals surface area contributed by atoms with E-state index in [1.807, 2.05) is 24.0 Å². The van der Waals surface area contributed by atoms with Gasteiger partial charge in [0.15, 0.2) is 0 Å². The Hall–Kier alpha value is -0.520. The summed E-state index contributed by atoms with van der Waals surface area (Å²) >= 11 is 1.88. The third kappa shape index (κ3) is 6.15. The number of aromatic nitrogens is 2. The van der Waals surface area contributed by atoms with Gasteiger partial charge in [0.25, 0.3) is 0 Å². The summed E-state index contributed by atoms with van der Waals surface area (Å²) in [6.45, 7) is 2.18. The van der Waals surface area contributed by atoms with Crippen LogP contribution >= 0.6 is 11.8 Å². The molecule has 0 spiro atoms. The van der Waals surface area contributed by atoms with Gasteiger partial charge in [-0.1, -0.05) is 0 Å². The molecule has 0 saturated heterocycles. The minimum Gasteiger partial charge on any atom is -0.390 e. The van der Waals surface area contributed by atoms with Crippen LogP contribution in [-0.4, -0.2) is 46.1 Å². The van der Waals surface area contributed by atoms with Crippen LogP contribution < -0.4 is 5.32 Å². The second-order valence-electron chi connectivity index (χ2n) is 3.79. The van der Waals surface area contributed by atoms with E-state index in [2.05, 4.69) is 16.7 Å². The Bertz CT molecular complexity index is 254. The molecule has 0 aromatic carbocycles. The van der Waals surface area contributed by atoms with E-state index in [4.69, 9.17) is 0 Å². The van der Waals surface area contributed by atoms with E-state index in [0.717, 1.165) is 6.54 Å². The number of rotatable bonds is 9. The Morgan fingerprint density at radius 3 is 3.06 bits per heavy atom. The van der Waals surface area contributed by atoms with Crippen molar-refractivity contribution in [2.45, 2.75) is 25.5 Å². The third-order valence-corrected chi connectivity index (χ3v) is 2.99. The fourth-order valence-electron chi connectivity index (χ4n) is 1.45. The molecule has 1 aromatic heterocycles. The van der Waals surface area contributed by atoms with Gasteiger partial charge in [-0.15, -0.1) is 0 Å². The Morgan fingerprint density at radius 2 is 2.38 bits per heavy atom. The lowest BCUT2D eigenvalue weighted by Crippen LogP contribution is -2.31. The summed E-state index contributed by atoms with van der Waals surface area (Å²) in [5.74, 6) is 1.22. The van der Waals surface area contributed by atoms with E-state index in [0.29, 0.717) is 13.1 Å². The molecule has 1 heterocycles. The molecule has 4 nitrogen and oxygen atoms in total. The highest BCUT2D eigenvalue weighted by Gasteiger charge is 2.03. The van der Waals surface area contributed by atoms with Crippen molar-refractivity contribution in [2.75, 3.05) is 25.1 Å². The van der Waals surface area contributed by atoms with E-state index in [1.54, 1.807) is 10.9 Å². The highest BCUT2D eigenvalue weighted by atomic mass is 32.2. The molecule has 0 aliphatic rings. The monoisotopic (exact) mass is 243 g/mol. The van der Waals surface area contributed by atoms with Gasteiger partial charge < -0.3 is 10.4 Å². The van der Waals surface area contributed by atoms with Crippen LogP contribution in [0.25, 0.3) is 0 Å². The van der Waals surface area contributed by atoms with E-state index >= 15 is 0 Å². The predicted molar refractivity (Wildman–Crippen MR) is 68.7 cm³/mol. The SMILES string of the molecule is CSCCCCNCC(O)Cn1cccn1. The topological polar surface area (TPSA) is 50.1 Å². The average molecular weight is 243 g/mol. The Labute approximate surface area is 101 Å². The second kappa shape index (κ2) is 8.61. The summed E-state index contributed by atoms with van der Waals surface area (Å²) in [4.78, 5) is 0. The molecule has 1 aromatic rings. The smallest absolute Gasteiger partial charge is 0.0860 e. The first-order chi connectivity index (χ1) is 7.83. The normalized spacial score (nSPS) is 12.9. The van der Waals surface area contributed by atoms with E-state index in [1.165, 1.54) is 18.6 Å². The summed E-state index contributed by atoms with van der Waals surface area (Å²) in [6.07, 6.45) is 7.77. The molecule has 0 saturated carbocycles. The molecule has 0 aliphatic heterocycles. The van der Waals surface area contributed by atoms with Gasteiger partial charge in [0, 0.05) is 18.9 Å². The zero-order valence-electron chi connectivity index (χ0n) is 9.80. The standard InChI is InChI=1S/C11H21N3OS/c1-16-8-3-2-5-12-9-11(15)10-14-7-4-6-13-14/h4,6-7,11-12,15H,2-3,5,8-10H2,1H3. The molecular weight excluding hydrogens is 222 g/mol. The van der Waals surface area contributed by atoms with Crippen LogP contribution in [0.3, 0.4) is 0 Å².